The molecule has 2 aliphatic rings. The number of nitrogens with zero attached hydrogens (tertiary/aromatic N) is 3. The van der Waals surface area contributed by atoms with E-state index in [4.69, 9.17) is 0 Å². The molecule has 0 aliphatic carbocycles. The van der Waals surface area contributed by atoms with Crippen LogP contribution >= 0.6 is 0 Å². The van der Waals surface area contributed by atoms with E-state index in [-0.39, 0.29) is 6.54 Å². The van der Waals surface area contributed by atoms with Crippen LogP contribution in [0.2, 0.25) is 0 Å². The van der Waals surface area contributed by atoms with Crippen molar-refractivity contribution < 1.29 is 18.3 Å². The molecule has 0 bridgehead atoms. The quantitative estimate of drug-likeness (QED) is 0.669. The summed E-state index contributed by atoms with van der Waals surface area (Å²) in [6.07, 6.45) is -0.251. The van der Waals surface area contributed by atoms with Gasteiger partial charge in [-0.05, 0) is 61.2 Å². The van der Waals surface area contributed by atoms with Crippen LogP contribution in [0.5, 0.6) is 0 Å². The van der Waals surface area contributed by atoms with Gasteiger partial charge in [-0.3, -0.25) is 4.90 Å². The fourth-order valence-corrected chi connectivity index (χ4v) is 5.08. The Labute approximate surface area is 172 Å². The Morgan fingerprint density at radius 1 is 1.20 bits per heavy atom. The minimum atomic E-state index is -4.38. The first-order chi connectivity index (χ1) is 14.3. The van der Waals surface area contributed by atoms with Gasteiger partial charge < -0.3 is 9.67 Å². The highest BCUT2D eigenvalue weighted by atomic mass is 19.4. The molecular weight excluding hydrogens is 391 g/mol. The third kappa shape index (κ3) is 3.20. The number of hydrogen-bond donors (Lipinski definition) is 1. The van der Waals surface area contributed by atoms with Gasteiger partial charge in [0.1, 0.15) is 5.65 Å². The molecule has 5 rings (SSSR count). The summed E-state index contributed by atoms with van der Waals surface area (Å²) >= 11 is 0. The van der Waals surface area contributed by atoms with E-state index in [0.29, 0.717) is 11.6 Å². The van der Waals surface area contributed by atoms with E-state index in [0.717, 1.165) is 54.7 Å². The number of benzene rings is 1. The lowest BCUT2D eigenvalue weighted by Crippen LogP contribution is -2.31. The van der Waals surface area contributed by atoms with Crippen LogP contribution < -0.4 is 0 Å². The summed E-state index contributed by atoms with van der Waals surface area (Å²) in [7, 11) is 0. The molecule has 7 heteroatoms. The van der Waals surface area contributed by atoms with E-state index in [1.807, 2.05) is 13.1 Å². The molecule has 1 N–H and O–H groups in total. The predicted octanol–water partition coefficient (Wildman–Crippen LogP) is 4.79. The van der Waals surface area contributed by atoms with Gasteiger partial charge in [0.15, 0.2) is 0 Å². The lowest BCUT2D eigenvalue weighted by atomic mass is 9.96. The summed E-state index contributed by atoms with van der Waals surface area (Å²) in [5.74, 6) is 0. The summed E-state index contributed by atoms with van der Waals surface area (Å²) in [6.45, 7) is 4.41. The van der Waals surface area contributed by atoms with Crippen molar-refractivity contribution in [3.63, 3.8) is 0 Å². The molecule has 1 saturated heterocycles. The van der Waals surface area contributed by atoms with Crippen molar-refractivity contribution in [1.29, 1.82) is 0 Å². The minimum absolute atomic E-state index is 0.278. The highest BCUT2D eigenvalue weighted by Crippen LogP contribution is 2.43. The SMILES string of the molecule is Cc1cnc2c(c1)c1c(n2CC(O)c2ccc(C(F)(F)F)cc2)CCN2CCCC12. The topological polar surface area (TPSA) is 41.3 Å². The maximum Gasteiger partial charge on any atom is 0.416 e. The van der Waals surface area contributed by atoms with E-state index < -0.39 is 17.8 Å². The molecule has 2 aliphatic heterocycles. The summed E-state index contributed by atoms with van der Waals surface area (Å²) in [5, 5.41) is 12.0. The fraction of sp³-hybridized carbons (Fsp3) is 0.435. The van der Waals surface area contributed by atoms with Crippen molar-refractivity contribution >= 4 is 11.0 Å². The molecule has 0 spiro atoms. The Morgan fingerprint density at radius 2 is 1.97 bits per heavy atom. The average molecular weight is 415 g/mol. The average Bonchev–Trinajstić information content (AvgIpc) is 3.30. The second kappa shape index (κ2) is 7.10. The zero-order valence-electron chi connectivity index (χ0n) is 16.8. The van der Waals surface area contributed by atoms with Gasteiger partial charge in [0.05, 0.1) is 18.2 Å². The Hall–Kier alpha value is -2.38. The molecule has 1 fully saturated rings. The molecule has 0 radical (unpaired) electrons. The Balaban J connectivity index is 1.53. The van der Waals surface area contributed by atoms with E-state index >= 15 is 0 Å². The molecule has 3 aromatic rings. The van der Waals surface area contributed by atoms with Gasteiger partial charge in [0.2, 0.25) is 0 Å². The van der Waals surface area contributed by atoms with Gasteiger partial charge >= 0.3 is 6.18 Å². The minimum Gasteiger partial charge on any atom is -0.387 e. The normalized spacial score (nSPS) is 20.4. The number of alkyl halides is 3. The van der Waals surface area contributed by atoms with Crippen LogP contribution in [0.15, 0.2) is 36.5 Å². The van der Waals surface area contributed by atoms with E-state index in [2.05, 4.69) is 20.5 Å². The molecule has 2 atom stereocenters. The number of fused-ring (bicyclic) bond motifs is 5. The molecule has 30 heavy (non-hydrogen) atoms. The first-order valence-electron chi connectivity index (χ1n) is 10.4. The van der Waals surface area contributed by atoms with Gasteiger partial charge in [-0.25, -0.2) is 4.98 Å². The van der Waals surface area contributed by atoms with Crippen molar-refractivity contribution in [1.82, 2.24) is 14.5 Å². The largest absolute Gasteiger partial charge is 0.416 e. The van der Waals surface area contributed by atoms with Crippen LogP contribution in [0.1, 0.15) is 52.9 Å². The number of pyridine rings is 1. The van der Waals surface area contributed by atoms with Crippen molar-refractivity contribution in [2.45, 2.75) is 51.1 Å². The molecule has 4 heterocycles. The van der Waals surface area contributed by atoms with Crippen molar-refractivity contribution in [3.8, 4) is 0 Å². The maximum atomic E-state index is 12.8. The first-order valence-corrected chi connectivity index (χ1v) is 10.4. The molecular formula is C23H24F3N3O. The van der Waals surface area contributed by atoms with Crippen molar-refractivity contribution in [3.05, 3.63) is 64.5 Å². The van der Waals surface area contributed by atoms with E-state index in [1.165, 1.54) is 29.8 Å². The summed E-state index contributed by atoms with van der Waals surface area (Å²) < 4.78 is 40.6. The van der Waals surface area contributed by atoms with Crippen molar-refractivity contribution in [2.24, 2.45) is 0 Å². The Kier molecular flexibility index (Phi) is 4.63. The number of aliphatic hydroxyl groups excluding tert-OH is 1. The first kappa shape index (κ1) is 19.6. The standard InChI is InChI=1S/C23H24F3N3O/c1-14-11-17-21-18-3-2-9-28(18)10-8-19(21)29(22(17)27-12-14)13-20(30)15-4-6-16(7-5-15)23(24,25)26/h4-7,11-12,18,20,30H,2-3,8-10,13H2,1H3. The number of hydrogen-bond acceptors (Lipinski definition) is 3. The molecule has 4 nitrogen and oxygen atoms in total. The van der Waals surface area contributed by atoms with Gasteiger partial charge in [-0.2, -0.15) is 13.2 Å². The number of aliphatic hydroxyl groups is 1. The molecule has 2 aromatic heterocycles. The third-order valence-corrected chi connectivity index (χ3v) is 6.50. The Bertz CT molecular complexity index is 1090. The van der Waals surface area contributed by atoms with Crippen LogP contribution in [0.25, 0.3) is 11.0 Å². The Morgan fingerprint density at radius 3 is 2.70 bits per heavy atom. The van der Waals surface area contributed by atoms with Gasteiger partial charge in [-0.15, -0.1) is 0 Å². The van der Waals surface area contributed by atoms with Gasteiger partial charge in [0, 0.05) is 36.3 Å². The molecule has 158 valence electrons. The number of aryl methyl sites for hydroxylation is 1. The molecule has 2 unspecified atom stereocenters. The summed E-state index contributed by atoms with van der Waals surface area (Å²) in [5.41, 5.74) is 4.25. The third-order valence-electron chi connectivity index (χ3n) is 6.50. The van der Waals surface area contributed by atoms with Crippen molar-refractivity contribution in [2.75, 3.05) is 13.1 Å². The second-order valence-corrected chi connectivity index (χ2v) is 8.43. The summed E-state index contributed by atoms with van der Waals surface area (Å²) in [6, 6.07) is 7.34. The number of aromatic nitrogens is 2. The van der Waals surface area contributed by atoms with Crippen LogP contribution in [-0.4, -0.2) is 32.6 Å². The number of halogens is 3. The fourth-order valence-electron chi connectivity index (χ4n) is 5.08. The molecule has 1 aromatic carbocycles. The zero-order chi connectivity index (χ0) is 21.0. The number of rotatable bonds is 3. The molecule has 0 amide bonds. The van der Waals surface area contributed by atoms with E-state index in [9.17, 15) is 18.3 Å². The zero-order valence-corrected chi connectivity index (χ0v) is 16.8. The monoisotopic (exact) mass is 415 g/mol. The van der Waals surface area contributed by atoms with Crippen LogP contribution in [-0.2, 0) is 19.1 Å². The smallest absolute Gasteiger partial charge is 0.387 e. The highest BCUT2D eigenvalue weighted by Gasteiger charge is 2.36. The lowest BCUT2D eigenvalue weighted by Gasteiger charge is -2.31. The van der Waals surface area contributed by atoms with Crippen LogP contribution in [0.3, 0.4) is 0 Å². The van der Waals surface area contributed by atoms with Crippen LogP contribution in [0.4, 0.5) is 13.2 Å². The second-order valence-electron chi connectivity index (χ2n) is 8.43. The lowest BCUT2D eigenvalue weighted by molar-refractivity contribution is -0.137. The maximum absolute atomic E-state index is 12.8. The highest BCUT2D eigenvalue weighted by molar-refractivity contribution is 5.84. The van der Waals surface area contributed by atoms with Crippen LogP contribution in [0, 0.1) is 6.92 Å². The van der Waals surface area contributed by atoms with Gasteiger partial charge in [-0.1, -0.05) is 12.1 Å². The molecule has 0 saturated carbocycles. The predicted molar refractivity (Wildman–Crippen MR) is 108 cm³/mol. The summed E-state index contributed by atoms with van der Waals surface area (Å²) in [4.78, 5) is 7.21. The van der Waals surface area contributed by atoms with E-state index in [1.54, 1.807) is 0 Å². The van der Waals surface area contributed by atoms with Gasteiger partial charge in [0.25, 0.3) is 0 Å².